The summed E-state index contributed by atoms with van der Waals surface area (Å²) in [6.45, 7) is 7.10. The van der Waals surface area contributed by atoms with E-state index in [1.54, 1.807) is 5.57 Å². The van der Waals surface area contributed by atoms with Gasteiger partial charge in [0.2, 0.25) is 0 Å². The molecule has 0 spiro atoms. The smallest absolute Gasteiger partial charge is 0.0311 e. The molecular formula is C37H32. The van der Waals surface area contributed by atoms with Gasteiger partial charge in [-0.2, -0.15) is 0 Å². The van der Waals surface area contributed by atoms with E-state index < -0.39 is 0 Å². The number of allylic oxidation sites excluding steroid dienone is 1. The second-order valence-corrected chi connectivity index (χ2v) is 11.9. The predicted octanol–water partition coefficient (Wildman–Crippen LogP) is 10.0. The summed E-state index contributed by atoms with van der Waals surface area (Å²) < 4.78 is 0. The zero-order chi connectivity index (χ0) is 25.1. The lowest BCUT2D eigenvalue weighted by atomic mass is 9.78. The molecule has 0 heteroatoms. The molecule has 0 amide bonds. The minimum Gasteiger partial charge on any atom is -0.0619 e. The summed E-state index contributed by atoms with van der Waals surface area (Å²) in [6.07, 6.45) is 4.64. The summed E-state index contributed by atoms with van der Waals surface area (Å²) in [7, 11) is 0. The van der Waals surface area contributed by atoms with Gasteiger partial charge >= 0.3 is 0 Å². The SMILES string of the molecule is CC(C)(C)CC1=Cc2c(-c3cccc4ccccc34)cccc2C1c1cccc2c1Cc1ccccc1-2. The van der Waals surface area contributed by atoms with Crippen LogP contribution in [-0.2, 0) is 6.42 Å². The largest absolute Gasteiger partial charge is 0.0619 e. The van der Waals surface area contributed by atoms with Gasteiger partial charge in [0, 0.05) is 5.92 Å². The van der Waals surface area contributed by atoms with Gasteiger partial charge in [-0.1, -0.05) is 136 Å². The zero-order valence-corrected chi connectivity index (χ0v) is 21.9. The second-order valence-electron chi connectivity index (χ2n) is 11.9. The van der Waals surface area contributed by atoms with Gasteiger partial charge in [-0.25, -0.2) is 0 Å². The first-order valence-electron chi connectivity index (χ1n) is 13.5. The lowest BCUT2D eigenvalue weighted by molar-refractivity contribution is 0.405. The first-order chi connectivity index (χ1) is 18.0. The maximum absolute atomic E-state index is 2.53. The molecule has 180 valence electrons. The average Bonchev–Trinajstić information content (AvgIpc) is 3.45. The van der Waals surface area contributed by atoms with E-state index in [9.17, 15) is 0 Å². The first kappa shape index (κ1) is 22.3. The third-order valence-corrected chi connectivity index (χ3v) is 8.16. The fourth-order valence-corrected chi connectivity index (χ4v) is 6.74. The molecule has 5 aromatic rings. The van der Waals surface area contributed by atoms with E-state index in [1.165, 1.54) is 60.8 Å². The molecule has 0 bridgehead atoms. The quantitative estimate of drug-likeness (QED) is 0.238. The molecular weight excluding hydrogens is 444 g/mol. The summed E-state index contributed by atoms with van der Waals surface area (Å²) in [6, 6.07) is 38.4. The number of rotatable bonds is 3. The molecule has 0 aromatic heterocycles. The average molecular weight is 477 g/mol. The number of fused-ring (bicyclic) bond motifs is 5. The summed E-state index contributed by atoms with van der Waals surface area (Å²) in [5, 5.41) is 2.62. The maximum atomic E-state index is 2.53. The van der Waals surface area contributed by atoms with Crippen LogP contribution in [0.3, 0.4) is 0 Å². The van der Waals surface area contributed by atoms with Crippen molar-refractivity contribution in [1.82, 2.24) is 0 Å². The molecule has 7 rings (SSSR count). The Labute approximate surface area is 220 Å². The molecule has 0 radical (unpaired) electrons. The Balaban J connectivity index is 1.44. The third kappa shape index (κ3) is 3.66. The van der Waals surface area contributed by atoms with Crippen LogP contribution in [0.4, 0.5) is 0 Å². The van der Waals surface area contributed by atoms with Gasteiger partial charge in [0.15, 0.2) is 0 Å². The van der Waals surface area contributed by atoms with Crippen molar-refractivity contribution in [2.75, 3.05) is 0 Å². The second kappa shape index (κ2) is 8.32. The van der Waals surface area contributed by atoms with E-state index in [-0.39, 0.29) is 5.41 Å². The monoisotopic (exact) mass is 476 g/mol. The zero-order valence-electron chi connectivity index (χ0n) is 21.9. The minimum absolute atomic E-state index is 0.215. The molecule has 2 aliphatic rings. The molecule has 1 unspecified atom stereocenters. The van der Waals surface area contributed by atoms with E-state index in [0.29, 0.717) is 5.92 Å². The molecule has 0 heterocycles. The summed E-state index contributed by atoms with van der Waals surface area (Å²) in [5.74, 6) is 0.299. The van der Waals surface area contributed by atoms with Gasteiger partial charge in [-0.05, 0) is 79.1 Å². The molecule has 0 aliphatic heterocycles. The van der Waals surface area contributed by atoms with Crippen molar-refractivity contribution >= 4 is 16.8 Å². The van der Waals surface area contributed by atoms with Crippen molar-refractivity contribution in [1.29, 1.82) is 0 Å². The Morgan fingerprint density at radius 1 is 0.622 bits per heavy atom. The Hall–Kier alpha value is -3.90. The van der Waals surface area contributed by atoms with Crippen LogP contribution in [0.2, 0.25) is 0 Å². The highest BCUT2D eigenvalue weighted by molar-refractivity contribution is 5.99. The molecule has 0 saturated heterocycles. The lowest BCUT2D eigenvalue weighted by Crippen LogP contribution is -2.12. The highest BCUT2D eigenvalue weighted by atomic mass is 14.4. The highest BCUT2D eigenvalue weighted by Gasteiger charge is 2.34. The molecule has 5 aromatic carbocycles. The van der Waals surface area contributed by atoms with Crippen molar-refractivity contribution in [3.05, 3.63) is 137 Å². The van der Waals surface area contributed by atoms with Crippen LogP contribution in [0.1, 0.15) is 60.9 Å². The third-order valence-electron chi connectivity index (χ3n) is 8.16. The molecule has 0 saturated carbocycles. The Bertz CT molecular complexity index is 1700. The van der Waals surface area contributed by atoms with E-state index in [2.05, 4.69) is 130 Å². The van der Waals surface area contributed by atoms with Crippen LogP contribution in [-0.4, -0.2) is 0 Å². The van der Waals surface area contributed by atoms with E-state index in [1.807, 2.05) is 0 Å². The predicted molar refractivity (Wildman–Crippen MR) is 158 cm³/mol. The van der Waals surface area contributed by atoms with Gasteiger partial charge < -0.3 is 0 Å². The minimum atomic E-state index is 0.215. The maximum Gasteiger partial charge on any atom is 0.0311 e. The van der Waals surface area contributed by atoms with Crippen LogP contribution >= 0.6 is 0 Å². The van der Waals surface area contributed by atoms with Crippen LogP contribution in [0.25, 0.3) is 39.1 Å². The Kier molecular flexibility index (Phi) is 5.01. The van der Waals surface area contributed by atoms with E-state index in [4.69, 9.17) is 0 Å². The van der Waals surface area contributed by atoms with Gasteiger partial charge in [0.05, 0.1) is 0 Å². The lowest BCUT2D eigenvalue weighted by Gasteiger charge is -2.26. The molecule has 0 N–H and O–H groups in total. The molecule has 37 heavy (non-hydrogen) atoms. The van der Waals surface area contributed by atoms with Crippen molar-refractivity contribution in [3.8, 4) is 22.3 Å². The highest BCUT2D eigenvalue weighted by Crippen LogP contribution is 2.51. The van der Waals surface area contributed by atoms with Gasteiger partial charge in [0.25, 0.3) is 0 Å². The molecule has 0 fully saturated rings. The summed E-state index contributed by atoms with van der Waals surface area (Å²) >= 11 is 0. The summed E-state index contributed by atoms with van der Waals surface area (Å²) in [5.41, 5.74) is 14.6. The Morgan fingerprint density at radius 2 is 1.27 bits per heavy atom. The normalized spacial score (nSPS) is 15.9. The molecule has 1 atom stereocenters. The van der Waals surface area contributed by atoms with Gasteiger partial charge in [-0.15, -0.1) is 0 Å². The van der Waals surface area contributed by atoms with Gasteiger partial charge in [-0.3, -0.25) is 0 Å². The van der Waals surface area contributed by atoms with Gasteiger partial charge in [0.1, 0.15) is 0 Å². The fraction of sp³-hybridized carbons (Fsp3) is 0.189. The molecule has 0 nitrogen and oxygen atoms in total. The topological polar surface area (TPSA) is 0 Å². The van der Waals surface area contributed by atoms with Crippen molar-refractivity contribution < 1.29 is 0 Å². The fourth-order valence-electron chi connectivity index (χ4n) is 6.74. The molecule has 2 aliphatic carbocycles. The van der Waals surface area contributed by atoms with Crippen LogP contribution in [0, 0.1) is 5.41 Å². The van der Waals surface area contributed by atoms with Crippen molar-refractivity contribution in [2.45, 2.75) is 39.5 Å². The Morgan fingerprint density at radius 3 is 2.14 bits per heavy atom. The van der Waals surface area contributed by atoms with Crippen LogP contribution in [0.15, 0.2) is 109 Å². The number of hydrogen-bond donors (Lipinski definition) is 0. The standard InChI is InChI=1S/C37H32/c1-37(2,3)23-26-22-35-31(29-16-8-13-24-11-4-6-14-27(24)29)18-10-20-33(35)36(26)32-19-9-17-30-28-15-7-5-12-25(28)21-34(30)32/h4-20,22,36H,21,23H2,1-3H3. The summed E-state index contributed by atoms with van der Waals surface area (Å²) in [4.78, 5) is 0. The van der Waals surface area contributed by atoms with Crippen molar-refractivity contribution in [3.63, 3.8) is 0 Å². The van der Waals surface area contributed by atoms with Crippen molar-refractivity contribution in [2.24, 2.45) is 5.41 Å². The first-order valence-corrected chi connectivity index (χ1v) is 13.5. The van der Waals surface area contributed by atoms with Crippen LogP contribution < -0.4 is 0 Å². The number of benzene rings is 5. The van der Waals surface area contributed by atoms with E-state index >= 15 is 0 Å². The number of hydrogen-bond acceptors (Lipinski definition) is 0. The van der Waals surface area contributed by atoms with Crippen LogP contribution in [0.5, 0.6) is 0 Å². The van der Waals surface area contributed by atoms with E-state index in [0.717, 1.165) is 12.8 Å².